The van der Waals surface area contributed by atoms with Crippen LogP contribution in [0.3, 0.4) is 0 Å². The third kappa shape index (κ3) is 2.26. The molecular formula is C18H25N5S. The molecule has 24 heavy (non-hydrogen) atoms. The summed E-state index contributed by atoms with van der Waals surface area (Å²) in [5, 5.41) is 8.99. The fourth-order valence-electron chi connectivity index (χ4n) is 5.89. The topological polar surface area (TPSA) is 80.5 Å². The van der Waals surface area contributed by atoms with Gasteiger partial charge in [-0.1, -0.05) is 0 Å². The zero-order valence-electron chi connectivity index (χ0n) is 14.2. The highest BCUT2D eigenvalue weighted by Gasteiger charge is 2.53. The number of nitrogens with zero attached hydrogens (tertiary/aromatic N) is 3. The first-order valence-corrected chi connectivity index (χ1v) is 10.1. The Morgan fingerprint density at radius 2 is 1.79 bits per heavy atom. The van der Waals surface area contributed by atoms with Crippen molar-refractivity contribution >= 4 is 11.3 Å². The average molecular weight is 344 g/mol. The Morgan fingerprint density at radius 1 is 1.12 bits per heavy atom. The van der Waals surface area contributed by atoms with Gasteiger partial charge in [0, 0.05) is 11.8 Å². The molecule has 2 heterocycles. The third-order valence-electron chi connectivity index (χ3n) is 6.43. The second-order valence-electron chi connectivity index (χ2n) is 8.27. The Morgan fingerprint density at radius 3 is 2.42 bits per heavy atom. The predicted octanol–water partition coefficient (Wildman–Crippen LogP) is 3.21. The summed E-state index contributed by atoms with van der Waals surface area (Å²) in [6.45, 7) is 2.69. The van der Waals surface area contributed by atoms with Gasteiger partial charge < -0.3 is 5.73 Å². The molecule has 0 aromatic carbocycles. The zero-order chi connectivity index (χ0) is 16.3. The van der Waals surface area contributed by atoms with Crippen LogP contribution in [-0.4, -0.2) is 26.7 Å². The molecule has 3 N–H and O–H groups in total. The van der Waals surface area contributed by atoms with Crippen molar-refractivity contribution < 1.29 is 0 Å². The van der Waals surface area contributed by atoms with Crippen LogP contribution in [0.25, 0.3) is 10.7 Å². The molecule has 0 aliphatic heterocycles. The van der Waals surface area contributed by atoms with Crippen LogP contribution in [0, 0.1) is 24.7 Å². The molecule has 4 saturated carbocycles. The summed E-state index contributed by atoms with van der Waals surface area (Å²) in [4.78, 5) is 10.7. The lowest BCUT2D eigenvalue weighted by Crippen LogP contribution is -2.49. The summed E-state index contributed by atoms with van der Waals surface area (Å²) in [6, 6.07) is 0. The molecule has 4 bridgehead atoms. The molecule has 5 nitrogen and oxygen atoms in total. The van der Waals surface area contributed by atoms with Gasteiger partial charge in [-0.2, -0.15) is 5.10 Å². The summed E-state index contributed by atoms with van der Waals surface area (Å²) in [7, 11) is 0. The van der Waals surface area contributed by atoms with E-state index in [0.29, 0.717) is 6.54 Å². The minimum atomic E-state index is 0.276. The first-order valence-electron chi connectivity index (χ1n) is 9.25. The molecule has 2 aromatic rings. The van der Waals surface area contributed by atoms with E-state index in [1.165, 1.54) is 38.5 Å². The van der Waals surface area contributed by atoms with Crippen LogP contribution >= 0.6 is 11.3 Å². The molecule has 0 atom stereocenters. The van der Waals surface area contributed by atoms with E-state index in [0.717, 1.165) is 51.4 Å². The Bertz CT molecular complexity index is 726. The number of H-pyrrole nitrogens is 1. The number of aromatic nitrogens is 4. The van der Waals surface area contributed by atoms with Crippen LogP contribution in [0.1, 0.15) is 55.1 Å². The zero-order valence-corrected chi connectivity index (χ0v) is 15.0. The average Bonchev–Trinajstić information content (AvgIpc) is 3.13. The number of aromatic amines is 1. The van der Waals surface area contributed by atoms with Crippen LogP contribution in [0.4, 0.5) is 0 Å². The SMILES string of the molecule is Cc1nc(CCN)sc1-c1n[nH]c(C23CC4CC(CC(C4)C2)C3)n1. The predicted molar refractivity (Wildman–Crippen MR) is 94.8 cm³/mol. The number of hydrogen-bond donors (Lipinski definition) is 2. The van der Waals surface area contributed by atoms with Gasteiger partial charge in [-0.3, -0.25) is 5.10 Å². The largest absolute Gasteiger partial charge is 0.330 e. The number of nitrogens with one attached hydrogen (secondary N) is 1. The number of rotatable bonds is 4. The third-order valence-corrected chi connectivity index (χ3v) is 7.64. The van der Waals surface area contributed by atoms with Crippen molar-refractivity contribution in [1.29, 1.82) is 0 Å². The minimum absolute atomic E-state index is 0.276. The van der Waals surface area contributed by atoms with Gasteiger partial charge in [0.25, 0.3) is 0 Å². The van der Waals surface area contributed by atoms with E-state index in [4.69, 9.17) is 10.7 Å². The van der Waals surface area contributed by atoms with Gasteiger partial charge in [-0.25, -0.2) is 9.97 Å². The number of thiazole rings is 1. The van der Waals surface area contributed by atoms with E-state index >= 15 is 0 Å². The normalized spacial score (nSPS) is 34.2. The van der Waals surface area contributed by atoms with Crippen molar-refractivity contribution in [2.24, 2.45) is 23.5 Å². The fraction of sp³-hybridized carbons (Fsp3) is 0.722. The second kappa shape index (κ2) is 5.36. The molecule has 2 aromatic heterocycles. The van der Waals surface area contributed by atoms with Crippen LogP contribution in [0.2, 0.25) is 0 Å². The molecule has 6 rings (SSSR count). The summed E-state index contributed by atoms with van der Waals surface area (Å²) in [5.74, 6) is 4.74. The first-order chi connectivity index (χ1) is 11.6. The van der Waals surface area contributed by atoms with Gasteiger partial charge >= 0.3 is 0 Å². The lowest BCUT2D eigenvalue weighted by molar-refractivity contribution is -0.00920. The standard InChI is InChI=1S/C18H25N5S/c1-10-15(24-14(20-10)2-3-19)16-21-17(23-22-16)18-7-11-4-12(8-18)6-13(5-11)9-18/h11-13H,2-9,19H2,1H3,(H,21,22,23). The highest BCUT2D eigenvalue weighted by molar-refractivity contribution is 7.15. The molecule has 0 saturated heterocycles. The van der Waals surface area contributed by atoms with Gasteiger partial charge in [0.1, 0.15) is 5.82 Å². The van der Waals surface area contributed by atoms with Crippen LogP contribution in [-0.2, 0) is 11.8 Å². The highest BCUT2D eigenvalue weighted by atomic mass is 32.1. The van der Waals surface area contributed by atoms with Crippen molar-refractivity contribution in [2.75, 3.05) is 6.54 Å². The highest BCUT2D eigenvalue weighted by Crippen LogP contribution is 2.60. The molecule has 4 aliphatic rings. The van der Waals surface area contributed by atoms with Crippen LogP contribution in [0.15, 0.2) is 0 Å². The van der Waals surface area contributed by atoms with Crippen molar-refractivity contribution in [3.8, 4) is 10.7 Å². The fourth-order valence-corrected chi connectivity index (χ4v) is 6.91. The number of aryl methyl sites for hydroxylation is 1. The minimum Gasteiger partial charge on any atom is -0.330 e. The van der Waals surface area contributed by atoms with Crippen molar-refractivity contribution in [3.05, 3.63) is 16.5 Å². The van der Waals surface area contributed by atoms with Gasteiger partial charge in [0.05, 0.1) is 15.6 Å². The maximum absolute atomic E-state index is 5.66. The molecule has 6 heteroatoms. The Kier molecular flexibility index (Phi) is 3.36. The lowest BCUT2D eigenvalue weighted by Gasteiger charge is -2.55. The maximum Gasteiger partial charge on any atom is 0.193 e. The van der Waals surface area contributed by atoms with Crippen molar-refractivity contribution in [1.82, 2.24) is 20.2 Å². The lowest BCUT2D eigenvalue weighted by atomic mass is 9.49. The molecule has 4 aliphatic carbocycles. The molecule has 0 spiro atoms. The molecule has 4 fully saturated rings. The van der Waals surface area contributed by atoms with Crippen LogP contribution < -0.4 is 5.73 Å². The van der Waals surface area contributed by atoms with E-state index < -0.39 is 0 Å². The summed E-state index contributed by atoms with van der Waals surface area (Å²) in [5.41, 5.74) is 6.97. The smallest absolute Gasteiger partial charge is 0.193 e. The van der Waals surface area contributed by atoms with Crippen molar-refractivity contribution in [3.63, 3.8) is 0 Å². The molecular weight excluding hydrogens is 318 g/mol. The monoisotopic (exact) mass is 343 g/mol. The quantitative estimate of drug-likeness (QED) is 0.893. The Labute approximate surface area is 146 Å². The maximum atomic E-state index is 5.66. The van der Waals surface area contributed by atoms with E-state index in [2.05, 4.69) is 15.2 Å². The molecule has 0 amide bonds. The summed E-state index contributed by atoms with van der Waals surface area (Å²) < 4.78 is 0. The van der Waals surface area contributed by atoms with E-state index in [-0.39, 0.29) is 5.41 Å². The molecule has 128 valence electrons. The van der Waals surface area contributed by atoms with Crippen LogP contribution in [0.5, 0.6) is 0 Å². The summed E-state index contributed by atoms with van der Waals surface area (Å²) >= 11 is 1.69. The Hall–Kier alpha value is -1.27. The van der Waals surface area contributed by atoms with Gasteiger partial charge in [0.15, 0.2) is 5.82 Å². The second-order valence-corrected chi connectivity index (χ2v) is 9.35. The van der Waals surface area contributed by atoms with Crippen molar-refractivity contribution in [2.45, 2.75) is 57.3 Å². The van der Waals surface area contributed by atoms with E-state index in [1.54, 1.807) is 11.3 Å². The molecule has 0 unspecified atom stereocenters. The Balaban J connectivity index is 1.47. The summed E-state index contributed by atoms with van der Waals surface area (Å²) in [6.07, 6.45) is 9.14. The number of nitrogens with two attached hydrogens (primary N) is 1. The van der Waals surface area contributed by atoms with Gasteiger partial charge in [-0.05, 0) is 69.7 Å². The van der Waals surface area contributed by atoms with E-state index in [1.807, 2.05) is 6.92 Å². The van der Waals surface area contributed by atoms with Gasteiger partial charge in [0.2, 0.25) is 0 Å². The number of hydrogen-bond acceptors (Lipinski definition) is 5. The van der Waals surface area contributed by atoms with Gasteiger partial charge in [-0.15, -0.1) is 11.3 Å². The van der Waals surface area contributed by atoms with E-state index in [9.17, 15) is 0 Å². The first kappa shape index (κ1) is 15.0. The molecule has 0 radical (unpaired) electrons.